The van der Waals surface area contributed by atoms with E-state index in [0.717, 1.165) is 36.7 Å². The zero-order valence-corrected chi connectivity index (χ0v) is 12.4. The Kier molecular flexibility index (Phi) is 4.03. The summed E-state index contributed by atoms with van der Waals surface area (Å²) in [5.41, 5.74) is 2.11. The molecule has 2 aromatic rings. The van der Waals surface area contributed by atoms with Crippen LogP contribution in [-0.2, 0) is 24.4 Å². The van der Waals surface area contributed by atoms with Gasteiger partial charge >= 0.3 is 0 Å². The third-order valence-electron chi connectivity index (χ3n) is 4.07. The van der Waals surface area contributed by atoms with Crippen molar-refractivity contribution in [2.24, 2.45) is 0 Å². The molecule has 0 radical (unpaired) electrons. The summed E-state index contributed by atoms with van der Waals surface area (Å²) >= 11 is 0. The quantitative estimate of drug-likeness (QED) is 0.867. The molecule has 3 rings (SSSR count). The molecule has 5 heteroatoms. The van der Waals surface area contributed by atoms with E-state index in [1.165, 1.54) is 6.07 Å². The maximum atomic E-state index is 13.3. The lowest BCUT2D eigenvalue weighted by Crippen LogP contribution is -2.37. The average molecular weight is 289 g/mol. The number of ether oxygens (including phenoxy) is 1. The highest BCUT2D eigenvalue weighted by atomic mass is 19.1. The number of hydrogen-bond acceptors (Lipinski definition) is 3. The van der Waals surface area contributed by atoms with E-state index >= 15 is 0 Å². The number of halogens is 1. The van der Waals surface area contributed by atoms with Crippen LogP contribution in [0.1, 0.15) is 30.0 Å². The van der Waals surface area contributed by atoms with Crippen LogP contribution in [-0.4, -0.2) is 28.1 Å². The van der Waals surface area contributed by atoms with Crippen molar-refractivity contribution in [2.45, 2.75) is 32.7 Å². The minimum atomic E-state index is -0.180. The van der Waals surface area contributed by atoms with Crippen molar-refractivity contribution in [3.8, 4) is 0 Å². The van der Waals surface area contributed by atoms with Crippen LogP contribution >= 0.6 is 0 Å². The molecule has 1 aromatic heterocycles. The summed E-state index contributed by atoms with van der Waals surface area (Å²) in [6, 6.07) is 7.02. The smallest absolute Gasteiger partial charge is 0.126 e. The number of benzene rings is 1. The Hall–Kier alpha value is -1.72. The molecule has 0 aliphatic carbocycles. The Morgan fingerprint density at radius 1 is 1.38 bits per heavy atom. The van der Waals surface area contributed by atoms with Crippen LogP contribution in [0, 0.1) is 5.82 Å². The van der Waals surface area contributed by atoms with E-state index in [0.29, 0.717) is 6.61 Å². The lowest BCUT2D eigenvalue weighted by Gasteiger charge is -2.34. The van der Waals surface area contributed by atoms with Crippen molar-refractivity contribution < 1.29 is 9.13 Å². The SMILES string of the molecule is COCc1cnc2n1CCN(Cc1cccc(F)c1)[C@H]2C. The van der Waals surface area contributed by atoms with Gasteiger partial charge in [0.05, 0.1) is 24.5 Å². The molecule has 0 spiro atoms. The molecule has 1 atom stereocenters. The van der Waals surface area contributed by atoms with E-state index in [4.69, 9.17) is 4.74 Å². The highest BCUT2D eigenvalue weighted by Gasteiger charge is 2.26. The number of hydrogen-bond donors (Lipinski definition) is 0. The Balaban J connectivity index is 1.77. The fourth-order valence-electron chi connectivity index (χ4n) is 2.95. The molecule has 0 fully saturated rings. The number of nitrogens with zero attached hydrogens (tertiary/aromatic N) is 3. The molecule has 1 aliphatic rings. The van der Waals surface area contributed by atoms with E-state index in [-0.39, 0.29) is 11.9 Å². The molecule has 112 valence electrons. The molecular weight excluding hydrogens is 269 g/mol. The minimum absolute atomic E-state index is 0.180. The standard InChI is InChI=1S/C16H20FN3O/c1-12-16-18-9-15(11-21-2)20(16)7-6-19(12)10-13-4-3-5-14(17)8-13/h3-5,8-9,12H,6-7,10-11H2,1-2H3/t12-/m0/s1. The number of fused-ring (bicyclic) bond motifs is 1. The van der Waals surface area contributed by atoms with Gasteiger partial charge in [0, 0.05) is 26.7 Å². The summed E-state index contributed by atoms with van der Waals surface area (Å²) in [6.45, 7) is 5.30. The molecule has 0 unspecified atom stereocenters. The molecule has 0 amide bonds. The van der Waals surface area contributed by atoms with Gasteiger partial charge in [0.25, 0.3) is 0 Å². The summed E-state index contributed by atoms with van der Waals surface area (Å²) in [5.74, 6) is 0.880. The summed E-state index contributed by atoms with van der Waals surface area (Å²) in [6.07, 6.45) is 1.89. The van der Waals surface area contributed by atoms with Crippen LogP contribution in [0.15, 0.2) is 30.5 Å². The predicted molar refractivity (Wildman–Crippen MR) is 78.2 cm³/mol. The third kappa shape index (κ3) is 2.84. The zero-order chi connectivity index (χ0) is 14.8. The summed E-state index contributed by atoms with van der Waals surface area (Å²) < 4.78 is 20.7. The summed E-state index contributed by atoms with van der Waals surface area (Å²) in [4.78, 5) is 6.86. The van der Waals surface area contributed by atoms with E-state index in [2.05, 4.69) is 21.4 Å². The normalized spacial score (nSPS) is 18.7. The zero-order valence-electron chi connectivity index (χ0n) is 12.4. The van der Waals surface area contributed by atoms with Crippen molar-refractivity contribution >= 4 is 0 Å². The number of aromatic nitrogens is 2. The first kappa shape index (κ1) is 14.2. The maximum absolute atomic E-state index is 13.3. The average Bonchev–Trinajstić information content (AvgIpc) is 2.87. The van der Waals surface area contributed by atoms with Crippen molar-refractivity contribution in [3.05, 3.63) is 53.4 Å². The fourth-order valence-corrected chi connectivity index (χ4v) is 2.95. The second-order valence-electron chi connectivity index (χ2n) is 5.47. The number of rotatable bonds is 4. The molecule has 1 aromatic carbocycles. The molecule has 0 saturated heterocycles. The van der Waals surface area contributed by atoms with Crippen LogP contribution in [0.2, 0.25) is 0 Å². The topological polar surface area (TPSA) is 30.3 Å². The molecule has 21 heavy (non-hydrogen) atoms. The largest absolute Gasteiger partial charge is 0.378 e. The van der Waals surface area contributed by atoms with Crippen molar-refractivity contribution in [1.29, 1.82) is 0 Å². The molecule has 2 heterocycles. The number of methoxy groups -OCH3 is 1. The molecular formula is C16H20FN3O. The third-order valence-corrected chi connectivity index (χ3v) is 4.07. The Labute approximate surface area is 124 Å². The Morgan fingerprint density at radius 2 is 2.24 bits per heavy atom. The molecule has 0 bridgehead atoms. The summed E-state index contributed by atoms with van der Waals surface area (Å²) in [5, 5.41) is 0. The first-order chi connectivity index (χ1) is 10.2. The van der Waals surface area contributed by atoms with Gasteiger partial charge in [0.2, 0.25) is 0 Å². The van der Waals surface area contributed by atoms with E-state index in [1.54, 1.807) is 19.2 Å². The first-order valence-electron chi connectivity index (χ1n) is 7.20. The lowest BCUT2D eigenvalue weighted by atomic mass is 10.1. The molecule has 4 nitrogen and oxygen atoms in total. The van der Waals surface area contributed by atoms with Crippen LogP contribution < -0.4 is 0 Å². The maximum Gasteiger partial charge on any atom is 0.126 e. The lowest BCUT2D eigenvalue weighted by molar-refractivity contribution is 0.143. The van der Waals surface area contributed by atoms with Crippen LogP contribution in [0.3, 0.4) is 0 Å². The molecule has 0 N–H and O–H groups in total. The second kappa shape index (κ2) is 5.95. The Morgan fingerprint density at radius 3 is 3.00 bits per heavy atom. The van der Waals surface area contributed by atoms with Gasteiger partial charge in [-0.15, -0.1) is 0 Å². The van der Waals surface area contributed by atoms with Crippen LogP contribution in [0.25, 0.3) is 0 Å². The minimum Gasteiger partial charge on any atom is -0.378 e. The monoisotopic (exact) mass is 289 g/mol. The van der Waals surface area contributed by atoms with Crippen molar-refractivity contribution in [2.75, 3.05) is 13.7 Å². The Bertz CT molecular complexity index is 626. The first-order valence-corrected chi connectivity index (χ1v) is 7.20. The number of imidazole rings is 1. The molecule has 0 saturated carbocycles. The van der Waals surface area contributed by atoms with Crippen LogP contribution in [0.4, 0.5) is 4.39 Å². The van der Waals surface area contributed by atoms with Gasteiger partial charge in [-0.3, -0.25) is 4.90 Å². The second-order valence-corrected chi connectivity index (χ2v) is 5.47. The van der Waals surface area contributed by atoms with Crippen LogP contribution in [0.5, 0.6) is 0 Å². The van der Waals surface area contributed by atoms with Gasteiger partial charge in [0.1, 0.15) is 11.6 Å². The van der Waals surface area contributed by atoms with E-state index in [9.17, 15) is 4.39 Å². The van der Waals surface area contributed by atoms with Gasteiger partial charge in [-0.05, 0) is 24.6 Å². The van der Waals surface area contributed by atoms with Gasteiger partial charge in [-0.1, -0.05) is 12.1 Å². The van der Waals surface area contributed by atoms with Gasteiger partial charge < -0.3 is 9.30 Å². The summed E-state index contributed by atoms with van der Waals surface area (Å²) in [7, 11) is 1.70. The van der Waals surface area contributed by atoms with Crippen molar-refractivity contribution in [1.82, 2.24) is 14.5 Å². The highest BCUT2D eigenvalue weighted by Crippen LogP contribution is 2.27. The fraction of sp³-hybridized carbons (Fsp3) is 0.438. The predicted octanol–water partition coefficient (Wildman–Crippen LogP) is 2.75. The van der Waals surface area contributed by atoms with E-state index < -0.39 is 0 Å². The van der Waals surface area contributed by atoms with Gasteiger partial charge in [0.15, 0.2) is 0 Å². The highest BCUT2D eigenvalue weighted by molar-refractivity contribution is 5.17. The van der Waals surface area contributed by atoms with E-state index in [1.807, 2.05) is 12.3 Å². The molecule has 1 aliphatic heterocycles. The van der Waals surface area contributed by atoms with Gasteiger partial charge in [-0.2, -0.15) is 0 Å². The van der Waals surface area contributed by atoms with Gasteiger partial charge in [-0.25, -0.2) is 9.37 Å². The van der Waals surface area contributed by atoms with Crippen molar-refractivity contribution in [3.63, 3.8) is 0 Å².